The fraction of sp³-hybridized carbons (Fsp3) is 0.481. The van der Waals surface area contributed by atoms with Gasteiger partial charge >= 0.3 is 5.97 Å². The van der Waals surface area contributed by atoms with Crippen molar-refractivity contribution in [3.05, 3.63) is 70.5 Å². The van der Waals surface area contributed by atoms with Crippen LogP contribution in [-0.2, 0) is 14.9 Å². The van der Waals surface area contributed by atoms with Crippen LogP contribution < -0.4 is 5.32 Å². The SMILES string of the molecule is CC(C)(C)C[C@@H]1N[C@@H](C(=O)OC(C)(C)C)[C@H](c2ccccc2)[C@@]1(C#N)c1ccc(Cl)cc1F. The number of nitrogens with one attached hydrogen (secondary N) is 1. The van der Waals surface area contributed by atoms with Crippen molar-refractivity contribution < 1.29 is 13.9 Å². The highest BCUT2D eigenvalue weighted by Gasteiger charge is 2.61. The molecule has 0 unspecified atom stereocenters. The van der Waals surface area contributed by atoms with Gasteiger partial charge < -0.3 is 4.74 Å². The van der Waals surface area contributed by atoms with Crippen LogP contribution in [0.3, 0.4) is 0 Å². The highest BCUT2D eigenvalue weighted by Crippen LogP contribution is 2.52. The summed E-state index contributed by atoms with van der Waals surface area (Å²) in [6, 6.07) is 14.9. The zero-order valence-corrected chi connectivity index (χ0v) is 20.8. The van der Waals surface area contributed by atoms with E-state index in [1.807, 2.05) is 30.3 Å². The van der Waals surface area contributed by atoms with Crippen molar-refractivity contribution in [2.75, 3.05) is 0 Å². The number of halogens is 2. The molecule has 0 saturated carbocycles. The Kier molecular flexibility index (Phi) is 6.94. The lowest BCUT2D eigenvalue weighted by molar-refractivity contribution is -0.157. The molecule has 3 rings (SSSR count). The van der Waals surface area contributed by atoms with Crippen molar-refractivity contribution in [3.8, 4) is 6.07 Å². The van der Waals surface area contributed by atoms with Crippen LogP contribution in [0.5, 0.6) is 0 Å². The molecule has 1 fully saturated rings. The third kappa shape index (κ3) is 5.23. The monoisotopic (exact) mass is 470 g/mol. The first-order chi connectivity index (χ1) is 15.3. The van der Waals surface area contributed by atoms with Crippen LogP contribution in [0.15, 0.2) is 48.5 Å². The quantitative estimate of drug-likeness (QED) is 0.545. The van der Waals surface area contributed by atoms with Crippen molar-refractivity contribution >= 4 is 17.6 Å². The molecule has 1 saturated heterocycles. The molecule has 0 spiro atoms. The molecular formula is C27H32ClFN2O2. The Morgan fingerprint density at radius 3 is 2.30 bits per heavy atom. The Hall–Kier alpha value is -2.42. The van der Waals surface area contributed by atoms with E-state index in [9.17, 15) is 10.1 Å². The maximum atomic E-state index is 15.4. The number of nitrogens with zero attached hydrogens (tertiary/aromatic N) is 1. The van der Waals surface area contributed by atoms with Gasteiger partial charge in [-0.1, -0.05) is 68.8 Å². The van der Waals surface area contributed by atoms with Gasteiger partial charge in [-0.15, -0.1) is 0 Å². The first-order valence-electron chi connectivity index (χ1n) is 11.2. The summed E-state index contributed by atoms with van der Waals surface area (Å²) in [6.45, 7) is 11.6. The molecule has 1 aliphatic heterocycles. The zero-order chi connectivity index (χ0) is 24.6. The van der Waals surface area contributed by atoms with E-state index in [-0.39, 0.29) is 16.0 Å². The summed E-state index contributed by atoms with van der Waals surface area (Å²) in [6.07, 6.45) is 0.547. The van der Waals surface area contributed by atoms with E-state index in [1.54, 1.807) is 32.9 Å². The number of hydrogen-bond donors (Lipinski definition) is 1. The van der Waals surface area contributed by atoms with Gasteiger partial charge in [-0.05, 0) is 50.3 Å². The van der Waals surface area contributed by atoms with Crippen LogP contribution in [0.1, 0.15) is 65.0 Å². The third-order valence-corrected chi connectivity index (χ3v) is 6.19. The predicted octanol–water partition coefficient (Wildman–Crippen LogP) is 6.14. The molecule has 1 N–H and O–H groups in total. The maximum Gasteiger partial charge on any atom is 0.324 e. The Labute approximate surface area is 201 Å². The number of benzene rings is 2. The molecule has 4 nitrogen and oxygen atoms in total. The minimum atomic E-state index is -1.36. The topological polar surface area (TPSA) is 62.1 Å². The molecule has 4 atom stereocenters. The van der Waals surface area contributed by atoms with Gasteiger partial charge in [0.25, 0.3) is 0 Å². The van der Waals surface area contributed by atoms with Gasteiger partial charge in [-0.3, -0.25) is 10.1 Å². The first-order valence-corrected chi connectivity index (χ1v) is 11.6. The van der Waals surface area contributed by atoms with Crippen LogP contribution in [0.4, 0.5) is 4.39 Å². The summed E-state index contributed by atoms with van der Waals surface area (Å²) in [5.74, 6) is -1.68. The van der Waals surface area contributed by atoms with Crippen molar-refractivity contribution in [2.24, 2.45) is 5.41 Å². The van der Waals surface area contributed by atoms with E-state index in [2.05, 4.69) is 32.2 Å². The molecule has 0 bridgehead atoms. The largest absolute Gasteiger partial charge is 0.459 e. The average Bonchev–Trinajstić information content (AvgIpc) is 3.00. The summed E-state index contributed by atoms with van der Waals surface area (Å²) >= 11 is 6.05. The van der Waals surface area contributed by atoms with Crippen LogP contribution in [0.25, 0.3) is 0 Å². The Morgan fingerprint density at radius 2 is 1.79 bits per heavy atom. The fourth-order valence-corrected chi connectivity index (χ4v) is 4.99. The number of ether oxygens (including phenoxy) is 1. The van der Waals surface area contributed by atoms with Gasteiger partial charge in [-0.2, -0.15) is 5.26 Å². The smallest absolute Gasteiger partial charge is 0.324 e. The van der Waals surface area contributed by atoms with Crippen molar-refractivity contribution in [1.82, 2.24) is 5.32 Å². The molecule has 33 heavy (non-hydrogen) atoms. The molecule has 176 valence electrons. The molecule has 2 aromatic carbocycles. The summed E-state index contributed by atoms with van der Waals surface area (Å²) in [7, 11) is 0. The fourth-order valence-electron chi connectivity index (χ4n) is 4.83. The van der Waals surface area contributed by atoms with E-state index >= 15 is 4.39 Å². The Bertz CT molecular complexity index is 1050. The number of nitriles is 1. The summed E-state index contributed by atoms with van der Waals surface area (Å²) in [5, 5.41) is 14.4. The van der Waals surface area contributed by atoms with Crippen molar-refractivity contribution in [1.29, 1.82) is 5.26 Å². The Balaban J connectivity index is 2.29. The van der Waals surface area contributed by atoms with Gasteiger partial charge in [0.15, 0.2) is 0 Å². The predicted molar refractivity (Wildman–Crippen MR) is 129 cm³/mol. The molecule has 1 aliphatic rings. The summed E-state index contributed by atoms with van der Waals surface area (Å²) < 4.78 is 21.2. The average molecular weight is 471 g/mol. The highest BCUT2D eigenvalue weighted by atomic mass is 35.5. The lowest BCUT2D eigenvalue weighted by Gasteiger charge is -2.37. The van der Waals surface area contributed by atoms with Crippen LogP contribution in [0.2, 0.25) is 5.02 Å². The van der Waals surface area contributed by atoms with E-state index in [4.69, 9.17) is 16.3 Å². The molecule has 1 heterocycles. The number of esters is 1. The second-order valence-electron chi connectivity index (χ2n) is 11.0. The molecule has 0 aromatic heterocycles. The molecular weight excluding hydrogens is 439 g/mol. The normalized spacial score (nSPS) is 25.5. The highest BCUT2D eigenvalue weighted by molar-refractivity contribution is 6.30. The standard InChI is InChI=1S/C27H32ClFN2O2/c1-25(2,3)15-21-27(16-30,19-13-12-18(28)14-20(19)29)22(17-10-8-7-9-11-17)23(31-21)24(32)33-26(4,5)6/h7-14,21-23,31H,15H2,1-6H3/t21-,22-,23+,27-/m0/s1. The van der Waals surface area contributed by atoms with Gasteiger partial charge in [0.05, 0.1) is 6.07 Å². The lowest BCUT2D eigenvalue weighted by Crippen LogP contribution is -2.44. The van der Waals surface area contributed by atoms with Crippen LogP contribution in [-0.4, -0.2) is 23.7 Å². The first kappa shape index (κ1) is 25.2. The van der Waals surface area contributed by atoms with E-state index < -0.39 is 40.8 Å². The molecule has 0 amide bonds. The summed E-state index contributed by atoms with van der Waals surface area (Å²) in [5.41, 5.74) is -1.25. The number of carbonyl (C=O) groups is 1. The molecule has 0 radical (unpaired) electrons. The number of carbonyl (C=O) groups excluding carboxylic acids is 1. The Morgan fingerprint density at radius 1 is 1.15 bits per heavy atom. The van der Waals surface area contributed by atoms with Crippen LogP contribution >= 0.6 is 11.6 Å². The molecule has 2 aromatic rings. The van der Waals surface area contributed by atoms with Crippen LogP contribution in [0, 0.1) is 22.6 Å². The number of rotatable bonds is 4. The van der Waals surface area contributed by atoms with Gasteiger partial charge in [0, 0.05) is 22.5 Å². The number of hydrogen-bond acceptors (Lipinski definition) is 4. The zero-order valence-electron chi connectivity index (χ0n) is 20.1. The minimum absolute atomic E-state index is 0.188. The second kappa shape index (κ2) is 9.08. The summed E-state index contributed by atoms with van der Waals surface area (Å²) in [4.78, 5) is 13.4. The molecule has 0 aliphatic carbocycles. The van der Waals surface area contributed by atoms with Gasteiger partial charge in [-0.25, -0.2) is 4.39 Å². The van der Waals surface area contributed by atoms with Crippen molar-refractivity contribution in [3.63, 3.8) is 0 Å². The van der Waals surface area contributed by atoms with Gasteiger partial charge in [0.2, 0.25) is 0 Å². The molecule has 6 heteroatoms. The lowest BCUT2D eigenvalue weighted by atomic mass is 9.63. The maximum absolute atomic E-state index is 15.4. The van der Waals surface area contributed by atoms with Gasteiger partial charge in [0.1, 0.15) is 22.9 Å². The van der Waals surface area contributed by atoms with E-state index in [0.717, 1.165) is 5.56 Å². The second-order valence-corrected chi connectivity index (χ2v) is 11.4. The van der Waals surface area contributed by atoms with E-state index in [1.165, 1.54) is 6.07 Å². The third-order valence-electron chi connectivity index (χ3n) is 5.95. The van der Waals surface area contributed by atoms with Crippen molar-refractivity contribution in [2.45, 2.75) is 77.0 Å². The van der Waals surface area contributed by atoms with E-state index in [0.29, 0.717) is 6.42 Å². The minimum Gasteiger partial charge on any atom is -0.459 e.